The van der Waals surface area contributed by atoms with Crippen molar-refractivity contribution in [3.8, 4) is 0 Å². The van der Waals surface area contributed by atoms with Gasteiger partial charge in [-0.15, -0.1) is 11.6 Å². The quantitative estimate of drug-likeness (QED) is 0.190. The van der Waals surface area contributed by atoms with E-state index in [1.54, 1.807) is 34.6 Å². The molecule has 1 rings (SSSR count). The van der Waals surface area contributed by atoms with Crippen LogP contribution in [0.4, 0.5) is 0 Å². The number of nitrogens with one attached hydrogen (secondary N) is 1. The van der Waals surface area contributed by atoms with Crippen molar-refractivity contribution in [1.29, 1.82) is 0 Å². The SMILES string of the molecule is CCOP(=O)(OCC)C(Cl)c1[nH]c(C(=O)OC(C)(C)C)c(CCC(=O)OC)c1CC(=O)OC. The number of hydrogen-bond donors (Lipinski definition) is 1. The number of aromatic amines is 1. The normalized spacial score (nSPS) is 12.8. The Hall–Kier alpha value is -1.87. The molecule has 188 valence electrons. The van der Waals surface area contributed by atoms with Gasteiger partial charge in [0.1, 0.15) is 11.3 Å². The molecule has 10 nitrogen and oxygen atoms in total. The van der Waals surface area contributed by atoms with Crippen molar-refractivity contribution in [3.05, 3.63) is 22.5 Å². The number of alkyl halides is 1. The first-order valence-electron chi connectivity index (χ1n) is 10.5. The van der Waals surface area contributed by atoms with Crippen LogP contribution in [0, 0.1) is 0 Å². The third kappa shape index (κ3) is 8.14. The number of ether oxygens (including phenoxy) is 3. The first-order chi connectivity index (χ1) is 15.3. The van der Waals surface area contributed by atoms with Crippen LogP contribution in [0.1, 0.15) is 73.5 Å². The maximum absolute atomic E-state index is 13.3. The summed E-state index contributed by atoms with van der Waals surface area (Å²) in [6, 6.07) is 0. The lowest BCUT2D eigenvalue weighted by Crippen LogP contribution is -2.25. The predicted molar refractivity (Wildman–Crippen MR) is 121 cm³/mol. The second kappa shape index (κ2) is 12.6. The van der Waals surface area contributed by atoms with Gasteiger partial charge in [-0.25, -0.2) is 4.79 Å². The van der Waals surface area contributed by atoms with Crippen LogP contribution in [0.15, 0.2) is 0 Å². The molecule has 1 N–H and O–H groups in total. The molecule has 0 amide bonds. The Morgan fingerprint density at radius 3 is 2.00 bits per heavy atom. The van der Waals surface area contributed by atoms with Crippen molar-refractivity contribution >= 4 is 37.1 Å². The number of H-pyrrole nitrogens is 1. The van der Waals surface area contributed by atoms with E-state index in [1.807, 2.05) is 0 Å². The zero-order valence-corrected chi connectivity index (χ0v) is 21.8. The molecule has 1 atom stereocenters. The number of rotatable bonds is 12. The summed E-state index contributed by atoms with van der Waals surface area (Å²) in [6.45, 7) is 8.47. The summed E-state index contributed by atoms with van der Waals surface area (Å²) in [5, 5.41) is -1.37. The number of halogens is 1. The monoisotopic (exact) mass is 509 g/mol. The molecule has 12 heteroatoms. The fourth-order valence-electron chi connectivity index (χ4n) is 3.02. The van der Waals surface area contributed by atoms with Crippen molar-refractivity contribution in [2.75, 3.05) is 27.4 Å². The number of methoxy groups -OCH3 is 2. The molecular weight excluding hydrogens is 477 g/mol. The van der Waals surface area contributed by atoms with Crippen molar-refractivity contribution in [2.24, 2.45) is 0 Å². The van der Waals surface area contributed by atoms with Crippen molar-refractivity contribution in [2.45, 2.75) is 64.6 Å². The molecule has 0 aromatic carbocycles. The van der Waals surface area contributed by atoms with E-state index in [2.05, 4.69) is 4.98 Å². The van der Waals surface area contributed by atoms with Crippen LogP contribution in [0.3, 0.4) is 0 Å². The molecule has 1 aromatic heterocycles. The fourth-order valence-corrected chi connectivity index (χ4v) is 5.13. The second-order valence-electron chi connectivity index (χ2n) is 7.91. The highest BCUT2D eigenvalue weighted by molar-refractivity contribution is 7.56. The second-order valence-corrected chi connectivity index (χ2v) is 10.8. The predicted octanol–water partition coefficient (Wildman–Crippen LogP) is 4.29. The molecule has 0 radical (unpaired) electrons. The first kappa shape index (κ1) is 29.2. The van der Waals surface area contributed by atoms with E-state index in [4.69, 9.17) is 34.9 Å². The van der Waals surface area contributed by atoms with Gasteiger partial charge in [0.25, 0.3) is 0 Å². The minimum atomic E-state index is -3.89. The Bertz CT molecular complexity index is 881. The smallest absolute Gasteiger partial charge is 0.355 e. The van der Waals surface area contributed by atoms with E-state index >= 15 is 0 Å². The lowest BCUT2D eigenvalue weighted by atomic mass is 10.0. The molecule has 0 aliphatic heterocycles. The lowest BCUT2D eigenvalue weighted by molar-refractivity contribution is -0.141. The Labute approximate surface area is 199 Å². The molecular formula is C21H33ClNO9P. The Balaban J connectivity index is 3.73. The molecule has 0 spiro atoms. The standard InChI is InChI=1S/C21H33ClNO9P/c1-8-30-33(27,31-9-2)19(22)17-14(12-16(25)29-7)13(10-11-15(24)28-6)18(23-17)20(26)32-21(3,4)5/h19,23H,8-12H2,1-7H3. The molecule has 33 heavy (non-hydrogen) atoms. The van der Waals surface area contributed by atoms with Gasteiger partial charge in [-0.3, -0.25) is 14.2 Å². The topological polar surface area (TPSA) is 130 Å². The molecule has 0 saturated carbocycles. The van der Waals surface area contributed by atoms with Gasteiger partial charge in [-0.05, 0) is 52.2 Å². The minimum Gasteiger partial charge on any atom is -0.469 e. The van der Waals surface area contributed by atoms with Gasteiger partial charge in [-0.1, -0.05) is 0 Å². The van der Waals surface area contributed by atoms with Crippen LogP contribution in [-0.2, 0) is 50.3 Å². The third-order valence-corrected chi connectivity index (χ3v) is 7.33. The van der Waals surface area contributed by atoms with Crippen LogP contribution in [0.5, 0.6) is 0 Å². The highest BCUT2D eigenvalue weighted by Crippen LogP contribution is 2.63. The molecule has 0 saturated heterocycles. The molecule has 0 aliphatic rings. The number of aromatic nitrogens is 1. The average molecular weight is 510 g/mol. The van der Waals surface area contributed by atoms with Crippen molar-refractivity contribution in [1.82, 2.24) is 4.98 Å². The van der Waals surface area contributed by atoms with Crippen LogP contribution in [0.2, 0.25) is 0 Å². The molecule has 0 aliphatic carbocycles. The molecule has 1 unspecified atom stereocenters. The van der Waals surface area contributed by atoms with Gasteiger partial charge in [0.15, 0.2) is 5.12 Å². The van der Waals surface area contributed by atoms with Crippen molar-refractivity contribution < 1.29 is 42.2 Å². The summed E-state index contributed by atoms with van der Waals surface area (Å²) in [7, 11) is -1.44. The largest absolute Gasteiger partial charge is 0.469 e. The van der Waals surface area contributed by atoms with E-state index in [0.717, 1.165) is 0 Å². The zero-order chi connectivity index (χ0) is 25.4. The van der Waals surface area contributed by atoms with Gasteiger partial charge >= 0.3 is 25.5 Å². The van der Waals surface area contributed by atoms with Crippen molar-refractivity contribution in [3.63, 3.8) is 0 Å². The summed E-state index contributed by atoms with van der Waals surface area (Å²) in [5.74, 6) is -1.88. The number of carbonyl (C=O) groups excluding carboxylic acids is 3. The van der Waals surface area contributed by atoms with Crippen LogP contribution in [0.25, 0.3) is 0 Å². The summed E-state index contributed by atoms with van der Waals surface area (Å²) < 4.78 is 39.0. The number of hydrogen-bond acceptors (Lipinski definition) is 9. The first-order valence-corrected chi connectivity index (χ1v) is 12.5. The summed E-state index contributed by atoms with van der Waals surface area (Å²) >= 11 is 6.58. The zero-order valence-electron chi connectivity index (χ0n) is 20.1. The minimum absolute atomic E-state index is 0.0204. The Morgan fingerprint density at radius 1 is 1.00 bits per heavy atom. The fraction of sp³-hybridized carbons (Fsp3) is 0.667. The maximum atomic E-state index is 13.3. The summed E-state index contributed by atoms with van der Waals surface area (Å²) in [4.78, 5) is 39.8. The van der Waals surface area contributed by atoms with Crippen LogP contribution < -0.4 is 0 Å². The van der Waals surface area contributed by atoms with Crippen LogP contribution >= 0.6 is 19.2 Å². The molecule has 0 bridgehead atoms. The van der Waals surface area contributed by atoms with Gasteiger partial charge in [-0.2, -0.15) is 0 Å². The van der Waals surface area contributed by atoms with E-state index in [9.17, 15) is 18.9 Å². The maximum Gasteiger partial charge on any atom is 0.355 e. The number of esters is 3. The van der Waals surface area contributed by atoms with Gasteiger partial charge in [0, 0.05) is 6.42 Å². The van der Waals surface area contributed by atoms with Gasteiger partial charge in [0.2, 0.25) is 0 Å². The molecule has 1 aromatic rings. The average Bonchev–Trinajstić information content (AvgIpc) is 3.08. The van der Waals surface area contributed by atoms with E-state index in [1.165, 1.54) is 14.2 Å². The Kier molecular flexibility index (Phi) is 11.1. The molecule has 0 fully saturated rings. The lowest BCUT2D eigenvalue weighted by Gasteiger charge is -2.22. The Morgan fingerprint density at radius 2 is 1.55 bits per heavy atom. The van der Waals surface area contributed by atoms with E-state index in [0.29, 0.717) is 5.56 Å². The highest BCUT2D eigenvalue weighted by Gasteiger charge is 2.40. The van der Waals surface area contributed by atoms with Gasteiger partial charge < -0.3 is 28.2 Å². The summed E-state index contributed by atoms with van der Waals surface area (Å²) in [5.41, 5.74) is -0.191. The van der Waals surface area contributed by atoms with E-state index in [-0.39, 0.29) is 49.4 Å². The van der Waals surface area contributed by atoms with Crippen LogP contribution in [-0.4, -0.2) is 55.9 Å². The highest BCUT2D eigenvalue weighted by atomic mass is 35.5. The molecule has 1 heterocycles. The number of carbonyl (C=O) groups is 3. The van der Waals surface area contributed by atoms with Gasteiger partial charge in [0.05, 0.1) is 39.5 Å². The summed E-state index contributed by atoms with van der Waals surface area (Å²) in [6.07, 6.45) is -0.357. The van der Waals surface area contributed by atoms with E-state index < -0.39 is 36.2 Å². The third-order valence-electron chi connectivity index (χ3n) is 4.34.